The van der Waals surface area contributed by atoms with Crippen molar-refractivity contribution in [3.8, 4) is 0 Å². The molecular formula is C17H19N3O4. The van der Waals surface area contributed by atoms with Crippen molar-refractivity contribution in [3.63, 3.8) is 0 Å². The third-order valence-electron chi connectivity index (χ3n) is 4.20. The Balaban J connectivity index is 1.56. The van der Waals surface area contributed by atoms with E-state index in [1.807, 2.05) is 6.07 Å². The lowest BCUT2D eigenvalue weighted by Gasteiger charge is -2.26. The van der Waals surface area contributed by atoms with Crippen molar-refractivity contribution in [2.24, 2.45) is 0 Å². The molecule has 2 aromatic rings. The molecule has 7 nitrogen and oxygen atoms in total. The summed E-state index contributed by atoms with van der Waals surface area (Å²) in [6, 6.07) is 8.42. The zero-order valence-corrected chi connectivity index (χ0v) is 13.2. The maximum Gasteiger partial charge on any atom is 0.287 e. The number of furan rings is 1. The number of benzene rings is 1. The van der Waals surface area contributed by atoms with Crippen LogP contribution in [0.2, 0.25) is 0 Å². The van der Waals surface area contributed by atoms with Crippen LogP contribution in [-0.2, 0) is 6.42 Å². The lowest BCUT2D eigenvalue weighted by molar-refractivity contribution is -0.385. The van der Waals surface area contributed by atoms with Gasteiger partial charge in [0.2, 0.25) is 0 Å². The first-order valence-corrected chi connectivity index (χ1v) is 7.97. The number of hydrogen-bond donors (Lipinski definition) is 2. The largest absolute Gasteiger partial charge is 0.459 e. The van der Waals surface area contributed by atoms with E-state index in [0.29, 0.717) is 13.1 Å². The van der Waals surface area contributed by atoms with Crippen LogP contribution in [0.4, 0.5) is 5.69 Å². The van der Waals surface area contributed by atoms with Crippen molar-refractivity contribution < 1.29 is 14.1 Å². The van der Waals surface area contributed by atoms with Gasteiger partial charge in [-0.05, 0) is 42.5 Å². The van der Waals surface area contributed by atoms with E-state index in [1.165, 1.54) is 6.26 Å². The van der Waals surface area contributed by atoms with Crippen molar-refractivity contribution in [1.29, 1.82) is 0 Å². The Morgan fingerprint density at radius 3 is 2.96 bits per heavy atom. The van der Waals surface area contributed by atoms with Crippen LogP contribution < -0.4 is 10.6 Å². The maximum absolute atomic E-state index is 11.8. The number of nitrogens with one attached hydrogen (secondary N) is 2. The summed E-state index contributed by atoms with van der Waals surface area (Å²) in [5, 5.41) is 17.1. The van der Waals surface area contributed by atoms with Crippen LogP contribution >= 0.6 is 0 Å². The number of aryl methyl sites for hydroxylation is 1. The van der Waals surface area contributed by atoms with E-state index < -0.39 is 0 Å². The van der Waals surface area contributed by atoms with Gasteiger partial charge in [0.25, 0.3) is 11.6 Å². The van der Waals surface area contributed by atoms with Crippen molar-refractivity contribution in [1.82, 2.24) is 10.6 Å². The highest BCUT2D eigenvalue weighted by Gasteiger charge is 2.22. The molecule has 1 heterocycles. The summed E-state index contributed by atoms with van der Waals surface area (Å²) in [4.78, 5) is 22.4. The number of nitro benzene ring substituents is 1. The number of carbonyl (C=O) groups is 1. The van der Waals surface area contributed by atoms with E-state index in [4.69, 9.17) is 4.42 Å². The molecule has 1 aliphatic rings. The molecule has 1 atom stereocenters. The number of fused-ring (bicyclic) bond motifs is 1. The Morgan fingerprint density at radius 1 is 1.33 bits per heavy atom. The molecule has 1 aromatic carbocycles. The Labute approximate surface area is 139 Å². The van der Waals surface area contributed by atoms with Gasteiger partial charge in [-0.2, -0.15) is 0 Å². The molecule has 126 valence electrons. The third-order valence-corrected chi connectivity index (χ3v) is 4.20. The lowest BCUT2D eigenvalue weighted by atomic mass is 9.87. The normalized spacial score (nSPS) is 16.4. The van der Waals surface area contributed by atoms with Crippen LogP contribution in [-0.4, -0.2) is 23.9 Å². The minimum atomic E-state index is -0.366. The molecule has 3 rings (SSSR count). The van der Waals surface area contributed by atoms with E-state index in [0.717, 1.165) is 30.4 Å². The Morgan fingerprint density at radius 2 is 2.21 bits per heavy atom. The molecule has 1 aromatic heterocycles. The number of hydrogen-bond acceptors (Lipinski definition) is 5. The third kappa shape index (κ3) is 3.62. The zero-order valence-electron chi connectivity index (χ0n) is 13.2. The predicted octanol–water partition coefficient (Wildman–Crippen LogP) is 2.58. The van der Waals surface area contributed by atoms with Gasteiger partial charge >= 0.3 is 0 Å². The molecule has 0 fully saturated rings. The Hall–Kier alpha value is -2.67. The maximum atomic E-state index is 11.8. The first kappa shape index (κ1) is 16.2. The molecule has 0 saturated carbocycles. The lowest BCUT2D eigenvalue weighted by Crippen LogP contribution is -2.34. The zero-order chi connectivity index (χ0) is 16.9. The summed E-state index contributed by atoms with van der Waals surface area (Å²) in [5.74, 6) is 0.0371. The fourth-order valence-electron chi connectivity index (χ4n) is 3.03. The predicted molar refractivity (Wildman–Crippen MR) is 87.8 cm³/mol. The number of non-ortho nitro benzene ring substituents is 1. The second-order valence-electron chi connectivity index (χ2n) is 5.77. The van der Waals surface area contributed by atoms with Crippen LogP contribution in [0, 0.1) is 10.1 Å². The second-order valence-corrected chi connectivity index (χ2v) is 5.77. The van der Waals surface area contributed by atoms with Crippen molar-refractivity contribution >= 4 is 11.6 Å². The summed E-state index contributed by atoms with van der Waals surface area (Å²) < 4.78 is 5.03. The molecule has 0 radical (unpaired) electrons. The van der Waals surface area contributed by atoms with Gasteiger partial charge in [0.15, 0.2) is 5.76 Å². The van der Waals surface area contributed by atoms with Crippen molar-refractivity contribution in [2.75, 3.05) is 13.1 Å². The SMILES string of the molecule is O=C(NCCN[C@H]1CCCc2ccc([N+](=O)[O-])cc21)c1ccco1. The van der Waals surface area contributed by atoms with Crippen LogP contribution in [0.1, 0.15) is 40.6 Å². The van der Waals surface area contributed by atoms with Crippen LogP contribution in [0.5, 0.6) is 0 Å². The van der Waals surface area contributed by atoms with Gasteiger partial charge in [0, 0.05) is 31.3 Å². The summed E-state index contributed by atoms with van der Waals surface area (Å²) in [5.41, 5.74) is 2.27. The summed E-state index contributed by atoms with van der Waals surface area (Å²) >= 11 is 0. The molecule has 2 N–H and O–H groups in total. The molecule has 0 spiro atoms. The summed E-state index contributed by atoms with van der Waals surface area (Å²) in [6.07, 6.45) is 4.38. The van der Waals surface area contributed by atoms with E-state index in [9.17, 15) is 14.9 Å². The molecule has 7 heteroatoms. The van der Waals surface area contributed by atoms with Gasteiger partial charge in [-0.15, -0.1) is 0 Å². The standard InChI is InChI=1S/C17H19N3O4/c21-17(16-5-2-10-24-16)19-9-8-18-15-4-1-3-12-6-7-13(20(22)23)11-14(12)15/h2,5-7,10-11,15,18H,1,3-4,8-9H2,(H,19,21)/t15-/m0/s1. The van der Waals surface area contributed by atoms with Gasteiger partial charge in [0.1, 0.15) is 0 Å². The topological polar surface area (TPSA) is 97.4 Å². The minimum absolute atomic E-state index is 0.0779. The van der Waals surface area contributed by atoms with Gasteiger partial charge < -0.3 is 15.1 Å². The van der Waals surface area contributed by atoms with Crippen molar-refractivity contribution in [3.05, 3.63) is 63.6 Å². The number of amides is 1. The Bertz CT molecular complexity index is 727. The second kappa shape index (κ2) is 7.27. The van der Waals surface area contributed by atoms with Crippen LogP contribution in [0.15, 0.2) is 41.0 Å². The molecule has 1 amide bonds. The smallest absolute Gasteiger partial charge is 0.287 e. The van der Waals surface area contributed by atoms with Crippen LogP contribution in [0.25, 0.3) is 0 Å². The number of nitro groups is 1. The molecule has 0 bridgehead atoms. The van der Waals surface area contributed by atoms with Gasteiger partial charge in [-0.25, -0.2) is 0 Å². The Kier molecular flexibility index (Phi) is 4.90. The van der Waals surface area contributed by atoms with Crippen molar-refractivity contribution in [2.45, 2.75) is 25.3 Å². The first-order chi connectivity index (χ1) is 11.6. The molecule has 0 aliphatic heterocycles. The van der Waals surface area contributed by atoms with Crippen LogP contribution in [0.3, 0.4) is 0 Å². The molecule has 0 saturated heterocycles. The quantitative estimate of drug-likeness (QED) is 0.482. The van der Waals surface area contributed by atoms with Gasteiger partial charge in [-0.1, -0.05) is 6.07 Å². The van der Waals surface area contributed by atoms with E-state index in [-0.39, 0.29) is 28.3 Å². The van der Waals surface area contributed by atoms with E-state index in [2.05, 4.69) is 10.6 Å². The fraction of sp³-hybridized carbons (Fsp3) is 0.353. The highest BCUT2D eigenvalue weighted by molar-refractivity contribution is 5.91. The van der Waals surface area contributed by atoms with Gasteiger partial charge in [0.05, 0.1) is 11.2 Å². The highest BCUT2D eigenvalue weighted by atomic mass is 16.6. The number of nitrogens with zero attached hydrogens (tertiary/aromatic N) is 1. The average molecular weight is 329 g/mol. The summed E-state index contributed by atoms with van der Waals surface area (Å²) in [7, 11) is 0. The molecular weight excluding hydrogens is 310 g/mol. The average Bonchev–Trinajstić information content (AvgIpc) is 3.12. The monoisotopic (exact) mass is 329 g/mol. The highest BCUT2D eigenvalue weighted by Crippen LogP contribution is 2.32. The fourth-order valence-corrected chi connectivity index (χ4v) is 3.03. The molecule has 1 aliphatic carbocycles. The molecule has 0 unspecified atom stereocenters. The molecule has 24 heavy (non-hydrogen) atoms. The van der Waals surface area contributed by atoms with Gasteiger partial charge in [-0.3, -0.25) is 14.9 Å². The first-order valence-electron chi connectivity index (χ1n) is 7.97. The van der Waals surface area contributed by atoms with E-state index in [1.54, 1.807) is 24.3 Å². The van der Waals surface area contributed by atoms with E-state index >= 15 is 0 Å². The summed E-state index contributed by atoms with van der Waals surface area (Å²) in [6.45, 7) is 1.04. The number of rotatable bonds is 6. The minimum Gasteiger partial charge on any atom is -0.459 e. The number of carbonyl (C=O) groups excluding carboxylic acids is 1.